The van der Waals surface area contributed by atoms with Gasteiger partial charge in [-0.3, -0.25) is 9.59 Å². The van der Waals surface area contributed by atoms with E-state index in [0.717, 1.165) is 11.1 Å². The Balaban J connectivity index is 1.89. The second-order valence-corrected chi connectivity index (χ2v) is 4.89. The number of aromatic nitrogens is 1. The van der Waals surface area contributed by atoms with Crippen LogP contribution in [0.5, 0.6) is 0 Å². The van der Waals surface area contributed by atoms with Gasteiger partial charge in [-0.15, -0.1) is 0 Å². The standard InChI is InChI=1S/C15H17N3O3/c1-9-4-5-12(6-10(9)2)16-14(19)8-15(20)17-13-7-11(3)21-18-13/h4-7H,8H2,1-3H3,(H,16,19)(H,17,18,20). The fourth-order valence-electron chi connectivity index (χ4n) is 1.78. The summed E-state index contributed by atoms with van der Waals surface area (Å²) in [5.41, 5.74) is 2.90. The highest BCUT2D eigenvalue weighted by molar-refractivity contribution is 6.07. The van der Waals surface area contributed by atoms with Crippen LogP contribution in [0.25, 0.3) is 0 Å². The van der Waals surface area contributed by atoms with Crippen LogP contribution in [0.2, 0.25) is 0 Å². The zero-order valence-corrected chi connectivity index (χ0v) is 12.2. The van der Waals surface area contributed by atoms with Gasteiger partial charge in [-0.1, -0.05) is 11.2 Å². The third-order valence-corrected chi connectivity index (χ3v) is 3.01. The summed E-state index contributed by atoms with van der Waals surface area (Å²) in [6.07, 6.45) is -0.279. The van der Waals surface area contributed by atoms with E-state index in [1.54, 1.807) is 19.1 Å². The molecule has 0 unspecified atom stereocenters. The normalized spacial score (nSPS) is 10.2. The van der Waals surface area contributed by atoms with Crippen molar-refractivity contribution in [2.75, 3.05) is 10.6 Å². The van der Waals surface area contributed by atoms with Gasteiger partial charge in [0.25, 0.3) is 0 Å². The van der Waals surface area contributed by atoms with E-state index in [9.17, 15) is 9.59 Å². The van der Waals surface area contributed by atoms with Crippen LogP contribution in [0.4, 0.5) is 11.5 Å². The van der Waals surface area contributed by atoms with Gasteiger partial charge in [0.15, 0.2) is 5.82 Å². The van der Waals surface area contributed by atoms with E-state index in [2.05, 4.69) is 15.8 Å². The highest BCUT2D eigenvalue weighted by atomic mass is 16.5. The molecular weight excluding hydrogens is 270 g/mol. The lowest BCUT2D eigenvalue weighted by atomic mass is 10.1. The van der Waals surface area contributed by atoms with Crippen LogP contribution >= 0.6 is 0 Å². The summed E-state index contributed by atoms with van der Waals surface area (Å²) >= 11 is 0. The number of amides is 2. The number of hydrogen-bond donors (Lipinski definition) is 2. The van der Waals surface area contributed by atoms with Crippen LogP contribution in [0.15, 0.2) is 28.8 Å². The molecule has 6 nitrogen and oxygen atoms in total. The molecule has 2 aromatic rings. The Morgan fingerprint density at radius 1 is 1.05 bits per heavy atom. The van der Waals surface area contributed by atoms with E-state index in [-0.39, 0.29) is 12.3 Å². The molecule has 1 aromatic heterocycles. The summed E-state index contributed by atoms with van der Waals surface area (Å²) in [6.45, 7) is 5.67. The Labute approximate surface area is 122 Å². The number of carbonyl (C=O) groups excluding carboxylic acids is 2. The SMILES string of the molecule is Cc1cc(NC(=O)CC(=O)Nc2ccc(C)c(C)c2)no1. The zero-order chi connectivity index (χ0) is 15.4. The van der Waals surface area contributed by atoms with Gasteiger partial charge in [0.2, 0.25) is 11.8 Å². The first kappa shape index (κ1) is 14.8. The number of hydrogen-bond acceptors (Lipinski definition) is 4. The summed E-state index contributed by atoms with van der Waals surface area (Å²) in [7, 11) is 0. The van der Waals surface area contributed by atoms with E-state index in [0.29, 0.717) is 17.3 Å². The number of benzene rings is 1. The fourth-order valence-corrected chi connectivity index (χ4v) is 1.78. The van der Waals surface area contributed by atoms with Crippen LogP contribution < -0.4 is 10.6 Å². The maximum absolute atomic E-state index is 11.8. The lowest BCUT2D eigenvalue weighted by molar-refractivity contribution is -0.123. The average Bonchev–Trinajstić information content (AvgIpc) is 2.79. The molecule has 21 heavy (non-hydrogen) atoms. The molecule has 0 aliphatic carbocycles. The summed E-state index contributed by atoms with van der Waals surface area (Å²) in [5.74, 6) is 0.0713. The van der Waals surface area contributed by atoms with Crippen LogP contribution in [0, 0.1) is 20.8 Å². The largest absolute Gasteiger partial charge is 0.360 e. The van der Waals surface area contributed by atoms with Gasteiger partial charge in [0.05, 0.1) is 0 Å². The second kappa shape index (κ2) is 6.21. The number of nitrogens with zero attached hydrogens (tertiary/aromatic N) is 1. The predicted octanol–water partition coefficient (Wildman–Crippen LogP) is 2.57. The lowest BCUT2D eigenvalue weighted by Gasteiger charge is -2.07. The Morgan fingerprint density at radius 3 is 2.38 bits per heavy atom. The summed E-state index contributed by atoms with van der Waals surface area (Å²) in [5, 5.41) is 8.81. The van der Waals surface area contributed by atoms with Crippen molar-refractivity contribution < 1.29 is 14.1 Å². The molecule has 110 valence electrons. The molecular formula is C15H17N3O3. The van der Waals surface area contributed by atoms with Crippen LogP contribution in [-0.4, -0.2) is 17.0 Å². The van der Waals surface area contributed by atoms with Crippen molar-refractivity contribution in [1.29, 1.82) is 0 Å². The highest BCUT2D eigenvalue weighted by Crippen LogP contribution is 2.14. The third kappa shape index (κ3) is 4.17. The molecule has 0 radical (unpaired) electrons. The maximum Gasteiger partial charge on any atom is 0.235 e. The minimum absolute atomic E-state index is 0.279. The molecule has 0 saturated carbocycles. The quantitative estimate of drug-likeness (QED) is 0.846. The van der Waals surface area contributed by atoms with Gasteiger partial charge in [0, 0.05) is 11.8 Å². The molecule has 0 aliphatic rings. The number of rotatable bonds is 4. The van der Waals surface area contributed by atoms with Crippen molar-refractivity contribution in [2.45, 2.75) is 27.2 Å². The minimum Gasteiger partial charge on any atom is -0.360 e. The monoisotopic (exact) mass is 287 g/mol. The topological polar surface area (TPSA) is 84.2 Å². The Morgan fingerprint density at radius 2 is 1.76 bits per heavy atom. The van der Waals surface area contributed by atoms with Crippen molar-refractivity contribution in [3.05, 3.63) is 41.2 Å². The zero-order valence-electron chi connectivity index (χ0n) is 12.2. The number of carbonyl (C=O) groups is 2. The van der Waals surface area contributed by atoms with Crippen molar-refractivity contribution in [3.8, 4) is 0 Å². The molecule has 0 bridgehead atoms. The predicted molar refractivity (Wildman–Crippen MR) is 79.0 cm³/mol. The van der Waals surface area contributed by atoms with Crippen molar-refractivity contribution >= 4 is 23.3 Å². The Kier molecular flexibility index (Phi) is 4.37. The van der Waals surface area contributed by atoms with Crippen LogP contribution in [0.3, 0.4) is 0 Å². The molecule has 2 amide bonds. The summed E-state index contributed by atoms with van der Waals surface area (Å²) < 4.78 is 4.83. The highest BCUT2D eigenvalue weighted by Gasteiger charge is 2.12. The third-order valence-electron chi connectivity index (χ3n) is 3.01. The van der Waals surface area contributed by atoms with Crippen LogP contribution in [0.1, 0.15) is 23.3 Å². The molecule has 0 aliphatic heterocycles. The van der Waals surface area contributed by atoms with Crippen molar-refractivity contribution in [1.82, 2.24) is 5.16 Å². The summed E-state index contributed by atoms with van der Waals surface area (Å²) in [6, 6.07) is 7.17. The van der Waals surface area contributed by atoms with Crippen molar-refractivity contribution in [2.24, 2.45) is 0 Å². The molecule has 1 aromatic carbocycles. The smallest absolute Gasteiger partial charge is 0.235 e. The molecule has 0 fully saturated rings. The van der Waals surface area contributed by atoms with E-state index in [4.69, 9.17) is 4.52 Å². The van der Waals surface area contributed by atoms with Crippen LogP contribution in [-0.2, 0) is 9.59 Å². The fraction of sp³-hybridized carbons (Fsp3) is 0.267. The van der Waals surface area contributed by atoms with Gasteiger partial charge in [-0.2, -0.15) is 0 Å². The molecule has 0 atom stereocenters. The van der Waals surface area contributed by atoms with Gasteiger partial charge in [-0.05, 0) is 44.0 Å². The van der Waals surface area contributed by atoms with E-state index in [1.807, 2.05) is 26.0 Å². The Bertz CT molecular complexity index is 677. The first-order chi connectivity index (χ1) is 9.94. The summed E-state index contributed by atoms with van der Waals surface area (Å²) in [4.78, 5) is 23.5. The van der Waals surface area contributed by atoms with E-state index in [1.165, 1.54) is 0 Å². The van der Waals surface area contributed by atoms with Gasteiger partial charge < -0.3 is 15.2 Å². The first-order valence-electron chi connectivity index (χ1n) is 6.54. The average molecular weight is 287 g/mol. The minimum atomic E-state index is -0.440. The van der Waals surface area contributed by atoms with Crippen molar-refractivity contribution in [3.63, 3.8) is 0 Å². The van der Waals surface area contributed by atoms with E-state index >= 15 is 0 Å². The number of aryl methyl sites for hydroxylation is 3. The second-order valence-electron chi connectivity index (χ2n) is 4.89. The lowest BCUT2D eigenvalue weighted by Crippen LogP contribution is -2.21. The molecule has 2 N–H and O–H groups in total. The van der Waals surface area contributed by atoms with Gasteiger partial charge >= 0.3 is 0 Å². The first-order valence-corrected chi connectivity index (χ1v) is 6.54. The number of anilines is 2. The van der Waals surface area contributed by atoms with Gasteiger partial charge in [-0.25, -0.2) is 0 Å². The molecule has 6 heteroatoms. The molecule has 2 rings (SSSR count). The van der Waals surface area contributed by atoms with Gasteiger partial charge in [0.1, 0.15) is 12.2 Å². The molecule has 1 heterocycles. The molecule has 0 spiro atoms. The molecule has 0 saturated heterocycles. The Hall–Kier alpha value is -2.63. The number of nitrogens with one attached hydrogen (secondary N) is 2. The van der Waals surface area contributed by atoms with E-state index < -0.39 is 5.91 Å². The maximum atomic E-state index is 11.8.